The molecular weight excluding hydrogens is 402 g/mol. The third-order valence-corrected chi connectivity index (χ3v) is 5.31. The van der Waals surface area contributed by atoms with Crippen LogP contribution in [0, 0.1) is 0 Å². The van der Waals surface area contributed by atoms with Gasteiger partial charge in [-0.05, 0) is 68.6 Å². The van der Waals surface area contributed by atoms with Crippen LogP contribution in [0.1, 0.15) is 56.9 Å². The molecule has 2 rings (SSSR count). The van der Waals surface area contributed by atoms with Gasteiger partial charge in [0.15, 0.2) is 6.61 Å². The minimum atomic E-state index is -0.120. The minimum absolute atomic E-state index is 0.00237. The number of hydrogen-bond donors (Lipinski definition) is 1. The molecule has 0 bridgehead atoms. The molecule has 0 heterocycles. The number of halogens is 1. The number of benzene rings is 2. The van der Waals surface area contributed by atoms with Gasteiger partial charge in [-0.2, -0.15) is 0 Å². The number of carbonyl (C=O) groups excluding carboxylic acids is 1. The Labute approximate surface area is 171 Å². The molecule has 0 aliphatic heterocycles. The molecule has 0 aliphatic rings. The van der Waals surface area contributed by atoms with E-state index < -0.39 is 0 Å². The summed E-state index contributed by atoms with van der Waals surface area (Å²) in [5.74, 6) is 0.561. The maximum absolute atomic E-state index is 12.2. The molecule has 2 aromatic carbocycles. The molecule has 3 nitrogen and oxygen atoms in total. The van der Waals surface area contributed by atoms with Crippen molar-refractivity contribution < 1.29 is 9.53 Å². The van der Waals surface area contributed by atoms with Gasteiger partial charge in [0.2, 0.25) is 0 Å². The van der Waals surface area contributed by atoms with Crippen molar-refractivity contribution in [1.29, 1.82) is 0 Å². The molecule has 4 heteroatoms. The van der Waals surface area contributed by atoms with Gasteiger partial charge in [0, 0.05) is 6.54 Å². The molecule has 146 valence electrons. The summed E-state index contributed by atoms with van der Waals surface area (Å²) in [5.41, 5.74) is 5.03. The van der Waals surface area contributed by atoms with E-state index in [0.717, 1.165) is 17.3 Å². The van der Waals surface area contributed by atoms with Crippen LogP contribution < -0.4 is 10.1 Å². The highest BCUT2D eigenvalue weighted by molar-refractivity contribution is 9.10. The van der Waals surface area contributed by atoms with Gasteiger partial charge in [-0.1, -0.05) is 58.9 Å². The van der Waals surface area contributed by atoms with Gasteiger partial charge in [0.05, 0.1) is 4.47 Å². The van der Waals surface area contributed by atoms with E-state index in [1.54, 1.807) is 0 Å². The maximum atomic E-state index is 12.2. The average Bonchev–Trinajstić information content (AvgIpc) is 2.64. The highest BCUT2D eigenvalue weighted by Crippen LogP contribution is 2.31. The lowest BCUT2D eigenvalue weighted by Crippen LogP contribution is -2.29. The fourth-order valence-electron chi connectivity index (χ4n) is 2.88. The third kappa shape index (κ3) is 6.10. The van der Waals surface area contributed by atoms with Crippen LogP contribution in [0.15, 0.2) is 40.9 Å². The Balaban J connectivity index is 1.94. The Kier molecular flexibility index (Phi) is 7.49. The second-order valence-electron chi connectivity index (χ2n) is 7.77. The molecule has 2 aromatic rings. The summed E-state index contributed by atoms with van der Waals surface area (Å²) in [7, 11) is 0. The Hall–Kier alpha value is -1.81. The zero-order chi connectivity index (χ0) is 20.0. The summed E-state index contributed by atoms with van der Waals surface area (Å²) in [6.45, 7) is 11.3. The first kappa shape index (κ1) is 21.5. The Bertz CT molecular complexity index is 793. The molecule has 0 radical (unpaired) electrons. The van der Waals surface area contributed by atoms with Crippen LogP contribution in [-0.2, 0) is 29.6 Å². The normalized spacial score (nSPS) is 11.3. The molecule has 27 heavy (non-hydrogen) atoms. The number of carbonyl (C=O) groups is 1. The van der Waals surface area contributed by atoms with E-state index in [2.05, 4.69) is 80.1 Å². The third-order valence-electron chi connectivity index (χ3n) is 4.69. The zero-order valence-corrected chi connectivity index (χ0v) is 18.6. The van der Waals surface area contributed by atoms with Crippen molar-refractivity contribution in [2.75, 3.05) is 6.61 Å². The van der Waals surface area contributed by atoms with Crippen molar-refractivity contribution in [3.8, 4) is 5.75 Å². The van der Waals surface area contributed by atoms with Crippen molar-refractivity contribution in [2.45, 2.75) is 59.4 Å². The second-order valence-corrected chi connectivity index (χ2v) is 8.63. The number of ether oxygens (including phenoxy) is 1. The van der Waals surface area contributed by atoms with Gasteiger partial charge in [-0.3, -0.25) is 4.79 Å². The first-order chi connectivity index (χ1) is 12.7. The zero-order valence-electron chi connectivity index (χ0n) is 17.0. The summed E-state index contributed by atoms with van der Waals surface area (Å²) >= 11 is 3.54. The number of rotatable bonds is 7. The molecule has 0 spiro atoms. The van der Waals surface area contributed by atoms with E-state index in [4.69, 9.17) is 4.74 Å². The lowest BCUT2D eigenvalue weighted by molar-refractivity contribution is -0.123. The van der Waals surface area contributed by atoms with Crippen LogP contribution in [0.3, 0.4) is 0 Å². The van der Waals surface area contributed by atoms with Crippen molar-refractivity contribution >= 4 is 21.8 Å². The van der Waals surface area contributed by atoms with E-state index in [1.165, 1.54) is 22.3 Å². The Morgan fingerprint density at radius 2 is 1.78 bits per heavy atom. The average molecular weight is 432 g/mol. The van der Waals surface area contributed by atoms with Crippen LogP contribution in [0.2, 0.25) is 0 Å². The van der Waals surface area contributed by atoms with Crippen molar-refractivity contribution in [3.05, 3.63) is 63.1 Å². The lowest BCUT2D eigenvalue weighted by Gasteiger charge is -2.20. The molecule has 0 aromatic heterocycles. The summed E-state index contributed by atoms with van der Waals surface area (Å²) in [5, 5.41) is 2.97. The van der Waals surface area contributed by atoms with Crippen molar-refractivity contribution in [2.24, 2.45) is 0 Å². The molecular formula is C23H30BrNO2. The van der Waals surface area contributed by atoms with Crippen molar-refractivity contribution in [3.63, 3.8) is 0 Å². The van der Waals surface area contributed by atoms with E-state index in [0.29, 0.717) is 12.3 Å². The molecule has 0 aliphatic carbocycles. The summed E-state index contributed by atoms with van der Waals surface area (Å²) < 4.78 is 6.56. The second kappa shape index (κ2) is 9.41. The SMILES string of the molecule is CCc1ccc(CC)c(CNC(=O)COc2ccc(C(C)(C)C)cc2Br)c1. The standard InChI is InChI=1S/C23H30BrNO2/c1-6-16-8-9-17(7-2)18(12-16)14-25-22(26)15-27-21-11-10-19(13-20(21)24)23(3,4)5/h8-13H,6-7,14-15H2,1-5H3,(H,25,26). The smallest absolute Gasteiger partial charge is 0.258 e. The molecule has 0 saturated carbocycles. The quantitative estimate of drug-likeness (QED) is 0.622. The topological polar surface area (TPSA) is 38.3 Å². The van der Waals surface area contributed by atoms with E-state index >= 15 is 0 Å². The summed E-state index contributed by atoms with van der Waals surface area (Å²) in [6, 6.07) is 12.5. The molecule has 0 saturated heterocycles. The van der Waals surface area contributed by atoms with E-state index in [1.807, 2.05) is 12.1 Å². The fourth-order valence-corrected chi connectivity index (χ4v) is 3.37. The van der Waals surface area contributed by atoms with E-state index in [9.17, 15) is 4.79 Å². The molecule has 0 fully saturated rings. The van der Waals surface area contributed by atoms with Gasteiger partial charge < -0.3 is 10.1 Å². The number of hydrogen-bond acceptors (Lipinski definition) is 2. The van der Waals surface area contributed by atoms with Crippen LogP contribution in [0.4, 0.5) is 0 Å². The predicted octanol–water partition coefficient (Wildman–Crippen LogP) is 5.57. The monoisotopic (exact) mass is 431 g/mol. The Morgan fingerprint density at radius 1 is 1.04 bits per heavy atom. The van der Waals surface area contributed by atoms with Crippen LogP contribution in [0.5, 0.6) is 5.75 Å². The number of nitrogens with one attached hydrogen (secondary N) is 1. The Morgan fingerprint density at radius 3 is 2.37 bits per heavy atom. The highest BCUT2D eigenvalue weighted by Gasteiger charge is 2.15. The van der Waals surface area contributed by atoms with Crippen molar-refractivity contribution in [1.82, 2.24) is 5.32 Å². The largest absolute Gasteiger partial charge is 0.483 e. The molecule has 1 amide bonds. The van der Waals surface area contributed by atoms with Gasteiger partial charge in [-0.25, -0.2) is 0 Å². The van der Waals surface area contributed by atoms with Crippen LogP contribution in [0.25, 0.3) is 0 Å². The maximum Gasteiger partial charge on any atom is 0.258 e. The van der Waals surface area contributed by atoms with Gasteiger partial charge in [0.25, 0.3) is 5.91 Å². The summed E-state index contributed by atoms with van der Waals surface area (Å²) in [4.78, 5) is 12.2. The predicted molar refractivity (Wildman–Crippen MR) is 115 cm³/mol. The fraction of sp³-hybridized carbons (Fsp3) is 0.435. The summed E-state index contributed by atoms with van der Waals surface area (Å²) in [6.07, 6.45) is 1.95. The van der Waals surface area contributed by atoms with Gasteiger partial charge in [-0.15, -0.1) is 0 Å². The number of amides is 1. The minimum Gasteiger partial charge on any atom is -0.483 e. The van der Waals surface area contributed by atoms with Crippen LogP contribution in [-0.4, -0.2) is 12.5 Å². The van der Waals surface area contributed by atoms with Gasteiger partial charge in [0.1, 0.15) is 5.75 Å². The number of aryl methyl sites for hydroxylation is 2. The van der Waals surface area contributed by atoms with E-state index in [-0.39, 0.29) is 17.9 Å². The lowest BCUT2D eigenvalue weighted by atomic mass is 9.87. The molecule has 0 atom stereocenters. The first-order valence-corrected chi connectivity index (χ1v) is 10.3. The molecule has 1 N–H and O–H groups in total. The van der Waals surface area contributed by atoms with Gasteiger partial charge >= 0.3 is 0 Å². The van der Waals surface area contributed by atoms with Crippen LogP contribution >= 0.6 is 15.9 Å². The first-order valence-electron chi connectivity index (χ1n) is 9.54. The molecule has 0 unspecified atom stereocenters. The highest BCUT2D eigenvalue weighted by atomic mass is 79.9.